The second-order valence-corrected chi connectivity index (χ2v) is 4.18. The normalized spacial score (nSPS) is 18.4. The van der Waals surface area contributed by atoms with Crippen molar-refractivity contribution in [1.82, 2.24) is 10.6 Å². The third-order valence-corrected chi connectivity index (χ3v) is 2.74. The van der Waals surface area contributed by atoms with Gasteiger partial charge in [-0.25, -0.2) is 9.59 Å². The van der Waals surface area contributed by atoms with Gasteiger partial charge in [0.05, 0.1) is 0 Å². The predicted molar refractivity (Wildman–Crippen MR) is 61.8 cm³/mol. The number of ether oxygens (including phenoxy) is 1. The largest absolute Gasteiger partial charge is 0.480 e. The quantitative estimate of drug-likeness (QED) is 0.665. The SMILES string of the molecule is CCC[C@H](NC(=O)NC1CCOCC1)C(=O)O. The first kappa shape index (κ1) is 13.8. The number of urea groups is 1. The standard InChI is InChI=1S/C11H20N2O4/c1-2-3-9(10(14)15)13-11(16)12-8-4-6-17-7-5-8/h8-9H,2-7H2,1H3,(H,14,15)(H2,12,13,16)/t9-/m0/s1. The number of amides is 2. The number of carbonyl (C=O) groups is 2. The number of rotatable bonds is 5. The van der Waals surface area contributed by atoms with Crippen molar-refractivity contribution < 1.29 is 19.4 Å². The minimum Gasteiger partial charge on any atom is -0.480 e. The minimum atomic E-state index is -0.992. The van der Waals surface area contributed by atoms with E-state index in [0.29, 0.717) is 26.1 Å². The van der Waals surface area contributed by atoms with Crippen molar-refractivity contribution in [3.05, 3.63) is 0 Å². The lowest BCUT2D eigenvalue weighted by molar-refractivity contribution is -0.139. The molecule has 6 nitrogen and oxygen atoms in total. The van der Waals surface area contributed by atoms with E-state index < -0.39 is 18.0 Å². The van der Waals surface area contributed by atoms with Crippen molar-refractivity contribution in [3.8, 4) is 0 Å². The molecule has 0 spiro atoms. The zero-order chi connectivity index (χ0) is 12.7. The van der Waals surface area contributed by atoms with E-state index in [1.165, 1.54) is 0 Å². The van der Waals surface area contributed by atoms with Gasteiger partial charge in [0.2, 0.25) is 0 Å². The maximum atomic E-state index is 11.6. The molecule has 0 saturated carbocycles. The molecule has 2 amide bonds. The van der Waals surface area contributed by atoms with Gasteiger partial charge in [0.25, 0.3) is 0 Å². The highest BCUT2D eigenvalue weighted by molar-refractivity contribution is 5.82. The molecule has 0 aromatic carbocycles. The highest BCUT2D eigenvalue weighted by atomic mass is 16.5. The van der Waals surface area contributed by atoms with Gasteiger partial charge in [-0.1, -0.05) is 13.3 Å². The van der Waals surface area contributed by atoms with Crippen molar-refractivity contribution in [3.63, 3.8) is 0 Å². The van der Waals surface area contributed by atoms with Crippen molar-refractivity contribution in [1.29, 1.82) is 0 Å². The molecule has 1 atom stereocenters. The van der Waals surface area contributed by atoms with Crippen LogP contribution < -0.4 is 10.6 Å². The van der Waals surface area contributed by atoms with Gasteiger partial charge in [-0.15, -0.1) is 0 Å². The van der Waals surface area contributed by atoms with Crippen LogP contribution in [0.2, 0.25) is 0 Å². The van der Waals surface area contributed by atoms with Crippen molar-refractivity contribution in [2.75, 3.05) is 13.2 Å². The van der Waals surface area contributed by atoms with E-state index in [1.807, 2.05) is 6.92 Å². The highest BCUT2D eigenvalue weighted by Crippen LogP contribution is 2.06. The van der Waals surface area contributed by atoms with Gasteiger partial charge in [0.1, 0.15) is 6.04 Å². The third-order valence-electron chi connectivity index (χ3n) is 2.74. The van der Waals surface area contributed by atoms with Gasteiger partial charge < -0.3 is 20.5 Å². The van der Waals surface area contributed by atoms with Gasteiger partial charge in [-0.05, 0) is 19.3 Å². The summed E-state index contributed by atoms with van der Waals surface area (Å²) in [6.07, 6.45) is 2.71. The summed E-state index contributed by atoms with van der Waals surface area (Å²) in [7, 11) is 0. The first-order chi connectivity index (χ1) is 8.13. The van der Waals surface area contributed by atoms with Crippen LogP contribution in [0.25, 0.3) is 0 Å². The molecule has 0 aliphatic carbocycles. The van der Waals surface area contributed by atoms with Crippen LogP contribution >= 0.6 is 0 Å². The molecule has 6 heteroatoms. The second-order valence-electron chi connectivity index (χ2n) is 4.18. The van der Waals surface area contributed by atoms with Gasteiger partial charge >= 0.3 is 12.0 Å². The maximum Gasteiger partial charge on any atom is 0.326 e. The second kappa shape index (κ2) is 7.11. The molecule has 0 aromatic rings. The number of hydrogen-bond acceptors (Lipinski definition) is 3. The van der Waals surface area contributed by atoms with E-state index in [4.69, 9.17) is 9.84 Å². The van der Waals surface area contributed by atoms with Crippen LogP contribution in [0.4, 0.5) is 4.79 Å². The van der Waals surface area contributed by atoms with Crippen molar-refractivity contribution in [2.45, 2.75) is 44.7 Å². The lowest BCUT2D eigenvalue weighted by atomic mass is 10.1. The number of hydrogen-bond donors (Lipinski definition) is 3. The third kappa shape index (κ3) is 5.04. The Labute approximate surface area is 101 Å². The summed E-state index contributed by atoms with van der Waals surface area (Å²) in [6, 6.07) is -1.13. The molecule has 17 heavy (non-hydrogen) atoms. The van der Waals surface area contributed by atoms with Crippen LogP contribution in [0.15, 0.2) is 0 Å². The van der Waals surface area contributed by atoms with Crippen LogP contribution in [0.5, 0.6) is 0 Å². The zero-order valence-corrected chi connectivity index (χ0v) is 10.1. The Hall–Kier alpha value is -1.30. The molecule has 1 heterocycles. The summed E-state index contributed by atoms with van der Waals surface area (Å²) in [5, 5.41) is 14.1. The topological polar surface area (TPSA) is 87.7 Å². The maximum absolute atomic E-state index is 11.6. The van der Waals surface area contributed by atoms with Crippen LogP contribution in [-0.2, 0) is 9.53 Å². The van der Waals surface area contributed by atoms with E-state index >= 15 is 0 Å². The average molecular weight is 244 g/mol. The fourth-order valence-corrected chi connectivity index (χ4v) is 1.77. The summed E-state index contributed by atoms with van der Waals surface area (Å²) >= 11 is 0. The average Bonchev–Trinajstić information content (AvgIpc) is 2.29. The van der Waals surface area contributed by atoms with E-state index in [1.54, 1.807) is 0 Å². The molecule has 1 aliphatic heterocycles. The summed E-state index contributed by atoms with van der Waals surface area (Å²) in [6.45, 7) is 3.17. The monoisotopic (exact) mass is 244 g/mol. The van der Waals surface area contributed by atoms with E-state index in [9.17, 15) is 9.59 Å². The highest BCUT2D eigenvalue weighted by Gasteiger charge is 2.21. The summed E-state index contributed by atoms with van der Waals surface area (Å²) in [5.41, 5.74) is 0. The number of carboxylic acid groups (broad SMARTS) is 1. The first-order valence-electron chi connectivity index (χ1n) is 6.01. The van der Waals surface area contributed by atoms with Crippen molar-refractivity contribution in [2.24, 2.45) is 0 Å². The van der Waals surface area contributed by atoms with E-state index in [2.05, 4.69) is 10.6 Å². The fourth-order valence-electron chi connectivity index (χ4n) is 1.77. The lowest BCUT2D eigenvalue weighted by Crippen LogP contribution is -2.50. The summed E-state index contributed by atoms with van der Waals surface area (Å²) in [5.74, 6) is -0.992. The number of carboxylic acids is 1. The number of carbonyl (C=O) groups excluding carboxylic acids is 1. The summed E-state index contributed by atoms with van der Waals surface area (Å²) < 4.78 is 5.17. The molecule has 0 aromatic heterocycles. The lowest BCUT2D eigenvalue weighted by Gasteiger charge is -2.24. The Bertz CT molecular complexity index is 264. The van der Waals surface area contributed by atoms with Gasteiger partial charge in [-0.2, -0.15) is 0 Å². The molecule has 1 rings (SSSR count). The van der Waals surface area contributed by atoms with E-state index in [0.717, 1.165) is 12.8 Å². The molecule has 98 valence electrons. The molecule has 1 aliphatic rings. The molecule has 0 bridgehead atoms. The first-order valence-corrected chi connectivity index (χ1v) is 6.01. The van der Waals surface area contributed by atoms with Crippen LogP contribution in [0.3, 0.4) is 0 Å². The van der Waals surface area contributed by atoms with E-state index in [-0.39, 0.29) is 6.04 Å². The Balaban J connectivity index is 2.33. The van der Waals surface area contributed by atoms with Crippen molar-refractivity contribution >= 4 is 12.0 Å². The zero-order valence-electron chi connectivity index (χ0n) is 10.1. The minimum absolute atomic E-state index is 0.0832. The Kier molecular flexibility index (Phi) is 5.76. The number of nitrogens with one attached hydrogen (secondary N) is 2. The molecular weight excluding hydrogens is 224 g/mol. The molecule has 0 unspecified atom stereocenters. The Morgan fingerprint density at radius 1 is 1.41 bits per heavy atom. The summed E-state index contributed by atoms with van der Waals surface area (Å²) in [4.78, 5) is 22.4. The predicted octanol–water partition coefficient (Wildman–Crippen LogP) is 0.718. The molecular formula is C11H20N2O4. The Morgan fingerprint density at radius 2 is 2.06 bits per heavy atom. The Morgan fingerprint density at radius 3 is 2.59 bits per heavy atom. The van der Waals surface area contributed by atoms with Gasteiger partial charge in [0, 0.05) is 19.3 Å². The van der Waals surface area contributed by atoms with Crippen LogP contribution in [0.1, 0.15) is 32.6 Å². The number of aliphatic carboxylic acids is 1. The molecule has 1 saturated heterocycles. The molecule has 1 fully saturated rings. The molecule has 0 radical (unpaired) electrons. The smallest absolute Gasteiger partial charge is 0.326 e. The van der Waals surface area contributed by atoms with Crippen LogP contribution in [0, 0.1) is 0 Å². The van der Waals surface area contributed by atoms with Gasteiger partial charge in [0.15, 0.2) is 0 Å². The molecule has 3 N–H and O–H groups in total. The van der Waals surface area contributed by atoms with Gasteiger partial charge in [-0.3, -0.25) is 0 Å². The van der Waals surface area contributed by atoms with Crippen LogP contribution in [-0.4, -0.2) is 42.4 Å². The fraction of sp³-hybridized carbons (Fsp3) is 0.818.